The van der Waals surface area contributed by atoms with Crippen molar-refractivity contribution in [2.75, 3.05) is 6.61 Å². The zero-order valence-corrected chi connectivity index (χ0v) is 8.39. The van der Waals surface area contributed by atoms with Gasteiger partial charge in [-0.3, -0.25) is 0 Å². The molecule has 7 nitrogen and oxygen atoms in total. The Balaban J connectivity index is 5.01. The maximum atomic E-state index is 10.0. The van der Waals surface area contributed by atoms with Crippen LogP contribution < -0.4 is 0 Å². The lowest BCUT2D eigenvalue weighted by Crippen LogP contribution is -2.33. The Labute approximate surface area is 80.6 Å². The molecule has 8 heteroatoms. The number of hydrogen-bond donors (Lipinski definition) is 0. The number of rotatable bonds is 6. The predicted octanol–water partition coefficient (Wildman–Crippen LogP) is -0.144. The third-order valence-corrected chi connectivity index (χ3v) is 2.81. The van der Waals surface area contributed by atoms with E-state index in [9.17, 15) is 14.4 Å². The number of carbonyl (C=O) groups excluding carboxylic acids is 3. The largest absolute Gasteiger partial charge is 0.633 e. The van der Waals surface area contributed by atoms with Gasteiger partial charge in [0.15, 0.2) is 0 Å². The van der Waals surface area contributed by atoms with Crippen LogP contribution in [-0.2, 0) is 18.8 Å². The smallest absolute Gasteiger partial charge is 0.363 e. The fourth-order valence-electron chi connectivity index (χ4n) is 0.589. The van der Waals surface area contributed by atoms with Crippen LogP contribution in [0.2, 0.25) is 0 Å². The quantitative estimate of drug-likeness (QED) is 0.348. The average Bonchev–Trinajstić information content (AvgIpc) is 2.16. The summed E-state index contributed by atoms with van der Waals surface area (Å²) in [7, 11) is -3.71. The molecule has 0 bridgehead atoms. The van der Waals surface area contributed by atoms with Crippen LogP contribution in [-0.4, -0.2) is 33.6 Å². The lowest BCUT2D eigenvalue weighted by molar-refractivity contribution is 0.301. The molecule has 0 aromatic rings. The van der Waals surface area contributed by atoms with Crippen LogP contribution >= 0.6 is 0 Å². The van der Waals surface area contributed by atoms with E-state index in [1.165, 1.54) is 0 Å². The van der Waals surface area contributed by atoms with Crippen LogP contribution in [0.1, 0.15) is 13.3 Å². The zero-order chi connectivity index (χ0) is 10.9. The summed E-state index contributed by atoms with van der Waals surface area (Å²) in [6.07, 6.45) is 4.06. The molecule has 0 fully saturated rings. The Bertz CT molecular complexity index is 280. The minimum atomic E-state index is -3.71. The van der Waals surface area contributed by atoms with Gasteiger partial charge in [-0.25, -0.2) is 14.4 Å². The second kappa shape index (κ2) is 6.79. The Morgan fingerprint density at radius 3 is 1.79 bits per heavy atom. The van der Waals surface area contributed by atoms with Crippen molar-refractivity contribution >= 4 is 27.0 Å². The SMILES string of the molecule is CCCO[Si](N=C=O)(N=C=O)N=C=O. The molecular weight excluding hydrogens is 206 g/mol. The van der Waals surface area contributed by atoms with Crippen LogP contribution in [0.4, 0.5) is 0 Å². The molecule has 0 aromatic carbocycles. The van der Waals surface area contributed by atoms with Gasteiger partial charge in [0.2, 0.25) is 18.2 Å². The topological polar surface area (TPSA) is 97.5 Å². The molecule has 0 rings (SSSR count). The molecular formula is C6H7N3O4Si. The third-order valence-electron chi connectivity index (χ3n) is 1.07. The van der Waals surface area contributed by atoms with Crippen molar-refractivity contribution in [1.82, 2.24) is 0 Å². The van der Waals surface area contributed by atoms with Gasteiger partial charge >= 0.3 is 8.80 Å². The van der Waals surface area contributed by atoms with Gasteiger partial charge in [0.25, 0.3) is 0 Å². The number of hydrogen-bond acceptors (Lipinski definition) is 7. The Kier molecular flexibility index (Phi) is 5.98. The zero-order valence-electron chi connectivity index (χ0n) is 7.39. The molecule has 0 atom stereocenters. The minimum absolute atomic E-state index is 0.174. The summed E-state index contributed by atoms with van der Waals surface area (Å²) < 4.78 is 14.3. The monoisotopic (exact) mass is 213 g/mol. The first kappa shape index (κ1) is 12.3. The number of nitrogens with zero attached hydrogens (tertiary/aromatic N) is 3. The van der Waals surface area contributed by atoms with Crippen LogP contribution in [0.5, 0.6) is 0 Å². The van der Waals surface area contributed by atoms with E-state index >= 15 is 0 Å². The molecule has 74 valence electrons. The molecule has 0 N–H and O–H groups in total. The highest BCUT2D eigenvalue weighted by Crippen LogP contribution is 2.09. The maximum Gasteiger partial charge on any atom is 0.633 e. The molecule has 0 aliphatic rings. The second-order valence-electron chi connectivity index (χ2n) is 2.03. The first-order valence-corrected chi connectivity index (χ1v) is 5.40. The van der Waals surface area contributed by atoms with Crippen molar-refractivity contribution in [2.45, 2.75) is 13.3 Å². The van der Waals surface area contributed by atoms with Crippen LogP contribution in [0.3, 0.4) is 0 Å². The van der Waals surface area contributed by atoms with Gasteiger partial charge in [-0.2, -0.15) is 14.0 Å². The van der Waals surface area contributed by atoms with Crippen molar-refractivity contribution in [3.63, 3.8) is 0 Å². The Hall–Kier alpha value is -1.68. The van der Waals surface area contributed by atoms with E-state index in [4.69, 9.17) is 4.43 Å². The van der Waals surface area contributed by atoms with Crippen molar-refractivity contribution in [3.8, 4) is 0 Å². The van der Waals surface area contributed by atoms with E-state index in [2.05, 4.69) is 14.0 Å². The Morgan fingerprint density at radius 2 is 1.50 bits per heavy atom. The highest BCUT2D eigenvalue weighted by molar-refractivity contribution is 6.70. The molecule has 0 saturated heterocycles. The van der Waals surface area contributed by atoms with Gasteiger partial charge in [0.1, 0.15) is 0 Å². The molecule has 0 aliphatic carbocycles. The summed E-state index contributed by atoms with van der Waals surface area (Å²) in [5.74, 6) is 0. The summed E-state index contributed by atoms with van der Waals surface area (Å²) in [5, 5.41) is 0. The van der Waals surface area contributed by atoms with E-state index in [0.717, 1.165) is 18.2 Å². The molecule has 0 heterocycles. The second-order valence-corrected chi connectivity index (χ2v) is 4.14. The molecule has 0 aliphatic heterocycles. The third kappa shape index (κ3) is 3.82. The summed E-state index contributed by atoms with van der Waals surface area (Å²) in [4.78, 5) is 30.1. The fourth-order valence-corrected chi connectivity index (χ4v) is 1.77. The van der Waals surface area contributed by atoms with Gasteiger partial charge in [-0.15, -0.1) is 0 Å². The highest BCUT2D eigenvalue weighted by Gasteiger charge is 2.39. The normalized spacial score (nSPS) is 12.6. The van der Waals surface area contributed by atoms with Crippen molar-refractivity contribution < 1.29 is 18.8 Å². The first-order valence-electron chi connectivity index (χ1n) is 3.65. The lowest BCUT2D eigenvalue weighted by Gasteiger charge is -2.09. The molecule has 0 saturated carbocycles. The Morgan fingerprint density at radius 1 is 1.07 bits per heavy atom. The summed E-state index contributed by atoms with van der Waals surface area (Å²) in [6, 6.07) is 0. The van der Waals surface area contributed by atoms with Gasteiger partial charge in [-0.1, -0.05) is 6.92 Å². The molecule has 0 unspecified atom stereocenters. The van der Waals surface area contributed by atoms with E-state index in [-0.39, 0.29) is 6.61 Å². The molecule has 0 radical (unpaired) electrons. The summed E-state index contributed by atoms with van der Waals surface area (Å²) >= 11 is 0. The molecule has 0 spiro atoms. The molecule has 14 heavy (non-hydrogen) atoms. The predicted molar refractivity (Wildman–Crippen MR) is 46.4 cm³/mol. The average molecular weight is 213 g/mol. The summed E-state index contributed by atoms with van der Waals surface area (Å²) in [6.45, 7) is 1.97. The van der Waals surface area contributed by atoms with Crippen LogP contribution in [0.25, 0.3) is 0 Å². The van der Waals surface area contributed by atoms with E-state index < -0.39 is 8.80 Å². The van der Waals surface area contributed by atoms with Crippen molar-refractivity contribution in [1.29, 1.82) is 0 Å². The van der Waals surface area contributed by atoms with Gasteiger partial charge < -0.3 is 4.43 Å². The highest BCUT2D eigenvalue weighted by atomic mass is 28.4. The molecule has 0 aromatic heterocycles. The molecule has 0 amide bonds. The van der Waals surface area contributed by atoms with Crippen molar-refractivity contribution in [3.05, 3.63) is 0 Å². The minimum Gasteiger partial charge on any atom is -0.363 e. The van der Waals surface area contributed by atoms with Crippen LogP contribution in [0.15, 0.2) is 14.0 Å². The van der Waals surface area contributed by atoms with E-state index in [1.54, 1.807) is 6.92 Å². The summed E-state index contributed by atoms with van der Waals surface area (Å²) in [5.41, 5.74) is 0. The fraction of sp³-hybridized carbons (Fsp3) is 0.500. The maximum absolute atomic E-state index is 10.0. The number of isocyanates is 3. The van der Waals surface area contributed by atoms with Gasteiger partial charge in [-0.05, 0) is 6.42 Å². The van der Waals surface area contributed by atoms with E-state index in [1.807, 2.05) is 0 Å². The first-order chi connectivity index (χ1) is 6.74. The van der Waals surface area contributed by atoms with Crippen molar-refractivity contribution in [2.24, 2.45) is 14.0 Å². The lowest BCUT2D eigenvalue weighted by atomic mass is 10.5. The van der Waals surface area contributed by atoms with Gasteiger partial charge in [0, 0.05) is 6.61 Å². The van der Waals surface area contributed by atoms with Gasteiger partial charge in [0.05, 0.1) is 0 Å². The van der Waals surface area contributed by atoms with Crippen LogP contribution in [0, 0.1) is 0 Å². The van der Waals surface area contributed by atoms with E-state index in [0.29, 0.717) is 6.42 Å². The standard InChI is InChI=1S/C6H7N3O4Si/c1-2-3-13-14(7-4-10,8-5-11)9-6-12/h2-3H2,1H3.